The molecule has 0 aromatic rings. The largest absolute Gasteiger partial charge is 0.495 e. The van der Waals surface area contributed by atoms with Crippen LogP contribution in [0.15, 0.2) is 12.5 Å². The van der Waals surface area contributed by atoms with Crippen LogP contribution in [-0.4, -0.2) is 67.6 Å². The number of aliphatic hydroxyl groups excluding tert-OH is 5. The Labute approximate surface area is 91.0 Å². The third-order valence-corrected chi connectivity index (χ3v) is 2.29. The quantitative estimate of drug-likeness (QED) is 0.200. The Hall–Kier alpha value is -0.900. The van der Waals surface area contributed by atoms with Gasteiger partial charge in [0.1, 0.15) is 18.3 Å². The molecule has 1 heterocycles. The lowest BCUT2D eigenvalue weighted by molar-refractivity contribution is -0.360. The summed E-state index contributed by atoms with van der Waals surface area (Å²) in [5, 5.41) is 57.5. The van der Waals surface area contributed by atoms with Crippen LogP contribution in [0.5, 0.6) is 0 Å². The molecule has 1 aliphatic heterocycles. The Balaban J connectivity index is 2.89. The second kappa shape index (κ2) is 4.53. The van der Waals surface area contributed by atoms with Gasteiger partial charge in [-0.2, -0.15) is 0 Å². The number of hydrogen-bond donors (Lipinski definition) is 7. The van der Waals surface area contributed by atoms with E-state index in [1.54, 1.807) is 0 Å². The van der Waals surface area contributed by atoms with Gasteiger partial charge in [0.05, 0.1) is 6.61 Å². The molecule has 94 valence electrons. The lowest BCUT2D eigenvalue weighted by Gasteiger charge is -2.45. The van der Waals surface area contributed by atoms with Crippen LogP contribution >= 0.6 is 0 Å². The SMILES string of the molecule is C=C(O)N[C@@]1(O)O[C@H](CO)[C@@H](O)[C@H](O)[C@@H]1O. The van der Waals surface area contributed by atoms with E-state index in [-0.39, 0.29) is 0 Å². The van der Waals surface area contributed by atoms with E-state index in [0.717, 1.165) is 0 Å². The molecule has 8 heteroatoms. The van der Waals surface area contributed by atoms with Crippen molar-refractivity contribution >= 4 is 0 Å². The fourth-order valence-corrected chi connectivity index (χ4v) is 1.46. The van der Waals surface area contributed by atoms with E-state index in [1.807, 2.05) is 5.32 Å². The molecule has 0 unspecified atom stereocenters. The molecule has 5 atom stereocenters. The zero-order valence-electron chi connectivity index (χ0n) is 8.32. The van der Waals surface area contributed by atoms with Gasteiger partial charge in [-0.15, -0.1) is 0 Å². The summed E-state index contributed by atoms with van der Waals surface area (Å²) in [7, 11) is 0. The number of ether oxygens (including phenoxy) is 1. The number of aliphatic hydroxyl groups is 6. The Bertz CT molecular complexity index is 271. The predicted molar refractivity (Wildman–Crippen MR) is 49.8 cm³/mol. The molecule has 0 saturated carbocycles. The first-order valence-electron chi connectivity index (χ1n) is 4.53. The van der Waals surface area contributed by atoms with Gasteiger partial charge in [0.25, 0.3) is 5.91 Å². The number of nitrogens with one attached hydrogen (secondary N) is 1. The summed E-state index contributed by atoms with van der Waals surface area (Å²) in [5.74, 6) is -3.24. The van der Waals surface area contributed by atoms with E-state index < -0.39 is 42.8 Å². The van der Waals surface area contributed by atoms with Crippen LogP contribution in [0.4, 0.5) is 0 Å². The van der Waals surface area contributed by atoms with E-state index in [1.165, 1.54) is 0 Å². The fraction of sp³-hybridized carbons (Fsp3) is 0.750. The van der Waals surface area contributed by atoms with Crippen molar-refractivity contribution in [2.24, 2.45) is 0 Å². The van der Waals surface area contributed by atoms with Crippen molar-refractivity contribution in [3.63, 3.8) is 0 Å². The smallest absolute Gasteiger partial charge is 0.279 e. The molecule has 0 aliphatic carbocycles. The van der Waals surface area contributed by atoms with Crippen molar-refractivity contribution in [2.75, 3.05) is 6.61 Å². The zero-order chi connectivity index (χ0) is 12.5. The molecule has 1 saturated heterocycles. The molecule has 0 amide bonds. The maximum Gasteiger partial charge on any atom is 0.279 e. The van der Waals surface area contributed by atoms with Gasteiger partial charge in [0, 0.05) is 0 Å². The van der Waals surface area contributed by atoms with Crippen molar-refractivity contribution in [3.8, 4) is 0 Å². The molecule has 0 radical (unpaired) electrons. The second-order valence-electron chi connectivity index (χ2n) is 3.53. The maximum absolute atomic E-state index is 9.71. The lowest BCUT2D eigenvalue weighted by atomic mass is 9.96. The molecule has 0 bridgehead atoms. The number of hydrogen-bond acceptors (Lipinski definition) is 8. The van der Waals surface area contributed by atoms with Gasteiger partial charge in [0.15, 0.2) is 12.0 Å². The molecule has 1 aliphatic rings. The van der Waals surface area contributed by atoms with E-state index >= 15 is 0 Å². The summed E-state index contributed by atoms with van der Waals surface area (Å²) in [4.78, 5) is 0. The van der Waals surface area contributed by atoms with Gasteiger partial charge < -0.3 is 40.7 Å². The fourth-order valence-electron chi connectivity index (χ4n) is 1.46. The third-order valence-electron chi connectivity index (χ3n) is 2.29. The highest BCUT2D eigenvalue weighted by Gasteiger charge is 2.53. The normalized spacial score (nSPS) is 44.1. The summed E-state index contributed by atoms with van der Waals surface area (Å²) in [6.07, 6.45) is -6.54. The van der Waals surface area contributed by atoms with Crippen LogP contribution in [0.25, 0.3) is 0 Å². The number of rotatable bonds is 3. The maximum atomic E-state index is 9.71. The zero-order valence-corrected chi connectivity index (χ0v) is 8.32. The van der Waals surface area contributed by atoms with Crippen LogP contribution in [0.1, 0.15) is 0 Å². The van der Waals surface area contributed by atoms with Gasteiger partial charge in [-0.3, -0.25) is 0 Å². The van der Waals surface area contributed by atoms with E-state index in [4.69, 9.17) is 14.9 Å². The summed E-state index contributed by atoms with van der Waals surface area (Å²) >= 11 is 0. The van der Waals surface area contributed by atoms with Gasteiger partial charge in [-0.25, -0.2) is 0 Å². The van der Waals surface area contributed by atoms with Crippen LogP contribution in [-0.2, 0) is 4.74 Å². The predicted octanol–water partition coefficient (Wildman–Crippen LogP) is -3.27. The minimum Gasteiger partial charge on any atom is -0.495 e. The van der Waals surface area contributed by atoms with Crippen molar-refractivity contribution in [1.82, 2.24) is 5.32 Å². The van der Waals surface area contributed by atoms with Crippen LogP contribution in [0.3, 0.4) is 0 Å². The molecule has 16 heavy (non-hydrogen) atoms. The van der Waals surface area contributed by atoms with E-state index in [0.29, 0.717) is 0 Å². The van der Waals surface area contributed by atoms with Gasteiger partial charge in [0.2, 0.25) is 0 Å². The highest BCUT2D eigenvalue weighted by atomic mass is 16.7. The van der Waals surface area contributed by atoms with Crippen molar-refractivity contribution in [2.45, 2.75) is 30.3 Å². The van der Waals surface area contributed by atoms with Crippen molar-refractivity contribution in [1.29, 1.82) is 0 Å². The van der Waals surface area contributed by atoms with Crippen LogP contribution < -0.4 is 5.32 Å². The molecule has 1 rings (SSSR count). The molecule has 0 aromatic heterocycles. The molecule has 7 N–H and O–H groups in total. The highest BCUT2D eigenvalue weighted by Crippen LogP contribution is 2.26. The molecular formula is C8H15NO7. The van der Waals surface area contributed by atoms with Crippen LogP contribution in [0.2, 0.25) is 0 Å². The second-order valence-corrected chi connectivity index (χ2v) is 3.53. The molecule has 0 spiro atoms. The van der Waals surface area contributed by atoms with E-state index in [9.17, 15) is 20.4 Å². The van der Waals surface area contributed by atoms with Crippen molar-refractivity contribution in [3.05, 3.63) is 12.5 Å². The minimum atomic E-state index is -2.53. The molecular weight excluding hydrogens is 222 g/mol. The monoisotopic (exact) mass is 237 g/mol. The molecule has 0 aromatic carbocycles. The van der Waals surface area contributed by atoms with Crippen molar-refractivity contribution < 1.29 is 35.4 Å². The first-order valence-corrected chi connectivity index (χ1v) is 4.53. The van der Waals surface area contributed by atoms with E-state index in [2.05, 4.69) is 6.58 Å². The Morgan fingerprint density at radius 2 is 1.88 bits per heavy atom. The first-order chi connectivity index (χ1) is 7.31. The van der Waals surface area contributed by atoms with Gasteiger partial charge in [-0.1, -0.05) is 0 Å². The third kappa shape index (κ3) is 2.26. The standard InChI is InChI=1S/C8H15NO7/c1-3(11)9-8(15)7(14)6(13)5(12)4(2-10)16-8/h4-7,9-15H,1-2H2/t4-,5-,6+,7+,8+/m1/s1. The highest BCUT2D eigenvalue weighted by molar-refractivity contribution is 4.97. The summed E-state index contributed by atoms with van der Waals surface area (Å²) in [5.41, 5.74) is 0. The topological polar surface area (TPSA) is 143 Å². The lowest BCUT2D eigenvalue weighted by Crippen LogP contribution is -2.70. The summed E-state index contributed by atoms with van der Waals surface area (Å²) < 4.78 is 4.74. The Morgan fingerprint density at radius 3 is 2.31 bits per heavy atom. The molecule has 8 nitrogen and oxygen atoms in total. The molecule has 1 fully saturated rings. The van der Waals surface area contributed by atoms with Gasteiger partial charge >= 0.3 is 0 Å². The Kier molecular flexibility index (Phi) is 3.73. The van der Waals surface area contributed by atoms with Gasteiger partial charge in [-0.05, 0) is 6.58 Å². The van der Waals surface area contributed by atoms with Crippen LogP contribution in [0, 0.1) is 0 Å². The summed E-state index contributed by atoms with van der Waals surface area (Å²) in [6, 6.07) is 0. The average molecular weight is 237 g/mol. The average Bonchev–Trinajstić information content (AvgIpc) is 2.20. The first kappa shape index (κ1) is 13.2. The Morgan fingerprint density at radius 1 is 1.31 bits per heavy atom. The summed E-state index contributed by atoms with van der Waals surface area (Å²) in [6.45, 7) is 2.32. The minimum absolute atomic E-state index is 0.688.